The second-order valence-electron chi connectivity index (χ2n) is 8.94. The molecule has 0 aliphatic carbocycles. The topological polar surface area (TPSA) is 51.6 Å². The molecule has 0 radical (unpaired) electrons. The molecule has 6 aromatic rings. The van der Waals surface area contributed by atoms with E-state index in [1.54, 1.807) is 0 Å². The Kier molecular flexibility index (Phi) is 6.05. The zero-order chi connectivity index (χ0) is 25.0. The molecule has 0 N–H and O–H groups in total. The van der Waals surface area contributed by atoms with Gasteiger partial charge in [0.05, 0.1) is 0 Å². The average Bonchev–Trinajstić information content (AvgIpc) is 2.98. The molecule has 6 rings (SSSR count). The third-order valence-electron chi connectivity index (χ3n) is 6.29. The van der Waals surface area contributed by atoms with Crippen LogP contribution in [-0.2, 0) is 0 Å². The Balaban J connectivity index is 1.58. The van der Waals surface area contributed by atoms with E-state index in [9.17, 15) is 0 Å². The van der Waals surface area contributed by atoms with E-state index in [1.165, 1.54) is 5.56 Å². The minimum Gasteiger partial charge on any atom is -0.265 e. The first-order chi connectivity index (χ1) is 18.2. The fourth-order valence-electron chi connectivity index (χ4n) is 4.32. The van der Waals surface area contributed by atoms with Crippen molar-refractivity contribution < 1.29 is 0 Å². The van der Waals surface area contributed by atoms with Gasteiger partial charge in [-0.25, -0.2) is 15.0 Å². The number of hydrogen-bond acceptors (Lipinski definition) is 4. The lowest BCUT2D eigenvalue weighted by Crippen LogP contribution is -2.00. The van der Waals surface area contributed by atoms with Gasteiger partial charge in [0.1, 0.15) is 0 Å². The summed E-state index contributed by atoms with van der Waals surface area (Å²) in [5.41, 5.74) is 8.48. The van der Waals surface area contributed by atoms with Gasteiger partial charge in [-0.2, -0.15) is 0 Å². The first-order valence-electron chi connectivity index (χ1n) is 12.2. The monoisotopic (exact) mass is 476 g/mol. The zero-order valence-corrected chi connectivity index (χ0v) is 20.4. The van der Waals surface area contributed by atoms with Crippen LogP contribution >= 0.6 is 0 Å². The van der Waals surface area contributed by atoms with Gasteiger partial charge in [-0.1, -0.05) is 90.5 Å². The lowest BCUT2D eigenvalue weighted by molar-refractivity contribution is 1.07. The molecule has 0 bridgehead atoms. The molecule has 0 aliphatic heterocycles. The number of benzene rings is 4. The van der Waals surface area contributed by atoms with Crippen LogP contribution < -0.4 is 0 Å². The average molecular weight is 477 g/mol. The highest BCUT2D eigenvalue weighted by molar-refractivity contribution is 5.80. The second-order valence-corrected chi connectivity index (χ2v) is 8.94. The van der Waals surface area contributed by atoms with Gasteiger partial charge in [0.2, 0.25) is 0 Å². The van der Waals surface area contributed by atoms with Crippen molar-refractivity contribution in [1.29, 1.82) is 0 Å². The van der Waals surface area contributed by atoms with Gasteiger partial charge in [0, 0.05) is 29.1 Å². The molecule has 0 saturated carbocycles. The van der Waals surface area contributed by atoms with Crippen molar-refractivity contribution in [2.24, 2.45) is 0 Å². The molecule has 0 unspecified atom stereocenters. The Morgan fingerprint density at radius 2 is 0.811 bits per heavy atom. The van der Waals surface area contributed by atoms with Gasteiger partial charge in [0.15, 0.2) is 17.5 Å². The van der Waals surface area contributed by atoms with E-state index in [-0.39, 0.29) is 0 Å². The van der Waals surface area contributed by atoms with Crippen LogP contribution in [0.1, 0.15) is 5.56 Å². The van der Waals surface area contributed by atoms with Crippen molar-refractivity contribution in [3.8, 4) is 56.4 Å². The molecule has 2 aromatic heterocycles. The van der Waals surface area contributed by atoms with Crippen molar-refractivity contribution in [3.05, 3.63) is 133 Å². The number of nitrogens with zero attached hydrogens (tertiary/aromatic N) is 4. The molecule has 176 valence electrons. The van der Waals surface area contributed by atoms with Gasteiger partial charge in [-0.05, 0) is 59.5 Å². The van der Waals surface area contributed by atoms with Crippen molar-refractivity contribution in [1.82, 2.24) is 19.9 Å². The number of aromatic nitrogens is 4. The molecule has 0 saturated heterocycles. The molecule has 4 heteroatoms. The number of aryl methyl sites for hydroxylation is 1. The molecular formula is C33H24N4. The summed E-state index contributed by atoms with van der Waals surface area (Å²) < 4.78 is 0. The van der Waals surface area contributed by atoms with Crippen molar-refractivity contribution in [2.75, 3.05) is 0 Å². The lowest BCUT2D eigenvalue weighted by atomic mass is 9.96. The van der Waals surface area contributed by atoms with E-state index < -0.39 is 0 Å². The van der Waals surface area contributed by atoms with Gasteiger partial charge in [0.25, 0.3) is 0 Å². The molecule has 0 atom stereocenters. The third-order valence-corrected chi connectivity index (χ3v) is 6.29. The van der Waals surface area contributed by atoms with Crippen LogP contribution in [0.4, 0.5) is 0 Å². The Morgan fingerprint density at radius 1 is 0.378 bits per heavy atom. The van der Waals surface area contributed by atoms with Crippen LogP contribution in [0, 0.1) is 6.92 Å². The highest BCUT2D eigenvalue weighted by Gasteiger charge is 2.14. The maximum absolute atomic E-state index is 4.95. The summed E-state index contributed by atoms with van der Waals surface area (Å²) in [6, 6.07) is 39.2. The van der Waals surface area contributed by atoms with Crippen LogP contribution in [-0.4, -0.2) is 19.9 Å². The second kappa shape index (κ2) is 9.96. The van der Waals surface area contributed by atoms with Crippen molar-refractivity contribution in [2.45, 2.75) is 6.92 Å². The summed E-state index contributed by atoms with van der Waals surface area (Å²) in [7, 11) is 0. The Bertz CT molecular complexity index is 1590. The van der Waals surface area contributed by atoms with Gasteiger partial charge >= 0.3 is 0 Å². The summed E-state index contributed by atoms with van der Waals surface area (Å²) in [6.07, 6.45) is 3.63. The fourth-order valence-corrected chi connectivity index (χ4v) is 4.32. The van der Waals surface area contributed by atoms with Gasteiger partial charge in [-0.15, -0.1) is 0 Å². The number of rotatable bonds is 5. The molecule has 37 heavy (non-hydrogen) atoms. The standard InChI is InChI=1S/C33H24N4/c1-23-12-14-24(15-13-23)28-20-29(25-16-18-34-19-17-25)22-30(21-28)33-36-31(26-8-4-2-5-9-26)35-32(37-33)27-10-6-3-7-11-27/h2-22H,1H3. The zero-order valence-electron chi connectivity index (χ0n) is 20.4. The van der Waals surface area contributed by atoms with Crippen LogP contribution in [0.15, 0.2) is 128 Å². The minimum atomic E-state index is 0.636. The van der Waals surface area contributed by atoms with E-state index >= 15 is 0 Å². The predicted octanol–water partition coefficient (Wildman–Crippen LogP) is 7.91. The third kappa shape index (κ3) is 4.91. The Hall–Kier alpha value is -4.96. The molecule has 4 nitrogen and oxygen atoms in total. The maximum atomic E-state index is 4.95. The van der Waals surface area contributed by atoms with Crippen LogP contribution in [0.5, 0.6) is 0 Å². The normalized spacial score (nSPS) is 10.8. The van der Waals surface area contributed by atoms with Crippen LogP contribution in [0.25, 0.3) is 56.4 Å². The number of hydrogen-bond donors (Lipinski definition) is 0. The summed E-state index contributed by atoms with van der Waals surface area (Å²) in [4.78, 5) is 18.9. The van der Waals surface area contributed by atoms with Gasteiger partial charge in [-0.3, -0.25) is 4.98 Å². The smallest absolute Gasteiger partial charge is 0.164 e. The Labute approximate surface area is 216 Å². The van der Waals surface area contributed by atoms with E-state index in [0.717, 1.165) is 38.9 Å². The molecule has 2 heterocycles. The first-order valence-corrected chi connectivity index (χ1v) is 12.2. The summed E-state index contributed by atoms with van der Waals surface area (Å²) in [5, 5.41) is 0. The maximum Gasteiger partial charge on any atom is 0.164 e. The van der Waals surface area contributed by atoms with E-state index in [1.807, 2.05) is 85.2 Å². The molecule has 0 amide bonds. The summed E-state index contributed by atoms with van der Waals surface area (Å²) in [5.74, 6) is 1.93. The van der Waals surface area contributed by atoms with Gasteiger partial charge < -0.3 is 0 Å². The van der Waals surface area contributed by atoms with Crippen molar-refractivity contribution in [3.63, 3.8) is 0 Å². The largest absolute Gasteiger partial charge is 0.265 e. The van der Waals surface area contributed by atoms with E-state index in [0.29, 0.717) is 17.5 Å². The predicted molar refractivity (Wildman–Crippen MR) is 150 cm³/mol. The quantitative estimate of drug-likeness (QED) is 0.254. The minimum absolute atomic E-state index is 0.636. The SMILES string of the molecule is Cc1ccc(-c2cc(-c3ccncc3)cc(-c3nc(-c4ccccc4)nc(-c4ccccc4)n3)c2)cc1. The first kappa shape index (κ1) is 22.5. The van der Waals surface area contributed by atoms with E-state index in [2.05, 4.69) is 54.4 Å². The molecule has 0 aliphatic rings. The molecule has 0 fully saturated rings. The van der Waals surface area contributed by atoms with Crippen LogP contribution in [0.3, 0.4) is 0 Å². The highest BCUT2D eigenvalue weighted by atomic mass is 15.0. The molecule has 0 spiro atoms. The number of pyridine rings is 1. The molecule has 4 aromatic carbocycles. The summed E-state index contributed by atoms with van der Waals surface area (Å²) in [6.45, 7) is 2.10. The van der Waals surface area contributed by atoms with Crippen LogP contribution in [0.2, 0.25) is 0 Å². The lowest BCUT2D eigenvalue weighted by Gasteiger charge is -2.12. The van der Waals surface area contributed by atoms with E-state index in [4.69, 9.17) is 15.0 Å². The highest BCUT2D eigenvalue weighted by Crippen LogP contribution is 2.33. The Morgan fingerprint density at radius 3 is 1.32 bits per heavy atom. The van der Waals surface area contributed by atoms with Crippen molar-refractivity contribution >= 4 is 0 Å². The fraction of sp³-hybridized carbons (Fsp3) is 0.0303. The molecular weight excluding hydrogens is 452 g/mol. The summed E-state index contributed by atoms with van der Waals surface area (Å²) >= 11 is 0.